The maximum atomic E-state index is 10.3. The van der Waals surface area contributed by atoms with E-state index in [1.54, 1.807) is 0 Å². The van der Waals surface area contributed by atoms with Crippen molar-refractivity contribution in [1.82, 2.24) is 0 Å². The molecule has 0 heterocycles. The van der Waals surface area contributed by atoms with E-state index in [1.165, 1.54) is 58.3 Å². The Bertz CT molecular complexity index is 313. The van der Waals surface area contributed by atoms with E-state index < -0.39 is 18.4 Å². The Hall–Kier alpha value is 0.239. The van der Waals surface area contributed by atoms with Crippen LogP contribution in [0, 0.1) is 0 Å². The van der Waals surface area contributed by atoms with Gasteiger partial charge in [0.25, 0.3) is 0 Å². The van der Waals surface area contributed by atoms with Crippen molar-refractivity contribution in [2.45, 2.75) is 111 Å². The van der Waals surface area contributed by atoms with Crippen LogP contribution in [0.3, 0.4) is 0 Å². The normalized spacial score (nSPS) is 13.5. The molecule has 0 aromatic carbocycles. The number of hydrogen-bond acceptors (Lipinski definition) is 1. The van der Waals surface area contributed by atoms with Crippen LogP contribution >= 0.6 is 0 Å². The molecule has 0 aliphatic carbocycles. The van der Waals surface area contributed by atoms with Gasteiger partial charge in [0.15, 0.2) is 0 Å². The summed E-state index contributed by atoms with van der Waals surface area (Å²) >= 11 is -2.16. The zero-order valence-electron chi connectivity index (χ0n) is 17.1. The molecule has 0 saturated heterocycles. The summed E-state index contributed by atoms with van der Waals surface area (Å²) in [6.07, 6.45) is 14.3. The van der Waals surface area contributed by atoms with Crippen LogP contribution in [-0.4, -0.2) is 29.6 Å². The summed E-state index contributed by atoms with van der Waals surface area (Å²) in [5.41, 5.74) is 1.03. The van der Waals surface area contributed by atoms with E-state index >= 15 is 0 Å². The van der Waals surface area contributed by atoms with Gasteiger partial charge in [0.1, 0.15) is 0 Å². The molecule has 0 aliphatic rings. The molecule has 2 heteroatoms. The molecular formula is C22H44OSn. The van der Waals surface area contributed by atoms with Crippen molar-refractivity contribution >= 4 is 18.4 Å². The van der Waals surface area contributed by atoms with E-state index in [-0.39, 0.29) is 6.10 Å². The van der Waals surface area contributed by atoms with Crippen LogP contribution in [0.4, 0.5) is 0 Å². The van der Waals surface area contributed by atoms with Crippen LogP contribution < -0.4 is 0 Å². The Morgan fingerprint density at radius 1 is 0.875 bits per heavy atom. The van der Waals surface area contributed by atoms with Gasteiger partial charge in [-0.2, -0.15) is 0 Å². The third-order valence-electron chi connectivity index (χ3n) is 5.24. The second-order valence-corrected chi connectivity index (χ2v) is 20.6. The number of rotatable bonds is 16. The van der Waals surface area contributed by atoms with Gasteiger partial charge in [0.2, 0.25) is 0 Å². The predicted octanol–water partition coefficient (Wildman–Crippen LogP) is 7.43. The van der Waals surface area contributed by atoms with Crippen molar-refractivity contribution in [3.8, 4) is 0 Å². The molecule has 0 aliphatic heterocycles. The molecular weight excluding hydrogens is 399 g/mol. The Kier molecular flexibility index (Phi) is 15.6. The first-order valence-electron chi connectivity index (χ1n) is 10.6. The van der Waals surface area contributed by atoms with Gasteiger partial charge in [-0.3, -0.25) is 0 Å². The van der Waals surface area contributed by atoms with Crippen LogP contribution in [0.1, 0.15) is 91.9 Å². The van der Waals surface area contributed by atoms with Gasteiger partial charge in [-0.25, -0.2) is 0 Å². The molecule has 1 atom stereocenters. The van der Waals surface area contributed by atoms with Gasteiger partial charge in [0, 0.05) is 0 Å². The maximum absolute atomic E-state index is 10.3. The Labute approximate surface area is 156 Å². The van der Waals surface area contributed by atoms with Gasteiger partial charge in [-0.05, 0) is 0 Å². The van der Waals surface area contributed by atoms with Crippen LogP contribution in [0.2, 0.25) is 13.3 Å². The van der Waals surface area contributed by atoms with E-state index in [9.17, 15) is 5.11 Å². The third kappa shape index (κ3) is 11.0. The molecule has 1 nitrogen and oxygen atoms in total. The topological polar surface area (TPSA) is 20.2 Å². The molecule has 0 spiro atoms. The van der Waals surface area contributed by atoms with E-state index in [0.717, 1.165) is 24.8 Å². The van der Waals surface area contributed by atoms with Crippen molar-refractivity contribution in [3.63, 3.8) is 0 Å². The molecule has 0 fully saturated rings. The van der Waals surface area contributed by atoms with Crippen LogP contribution in [0.25, 0.3) is 0 Å². The minimum atomic E-state index is -2.16. The SMILES string of the molecule is C=C(CCCC)[C@H](O)C/C=[CH]/[Sn]([CH2]CCC)([CH2]CCC)[CH2]CCC. The minimum absolute atomic E-state index is 0.333. The zero-order chi connectivity index (χ0) is 18.3. The second-order valence-electron chi connectivity index (χ2n) is 7.59. The summed E-state index contributed by atoms with van der Waals surface area (Å²) in [4.78, 5) is 0. The fourth-order valence-electron chi connectivity index (χ4n) is 3.40. The van der Waals surface area contributed by atoms with E-state index in [1.807, 2.05) is 0 Å². The third-order valence-corrected chi connectivity index (χ3v) is 19.5. The molecule has 0 bridgehead atoms. The molecule has 0 unspecified atom stereocenters. The summed E-state index contributed by atoms with van der Waals surface area (Å²) in [6, 6.07) is 0. The average Bonchev–Trinajstić information content (AvgIpc) is 2.60. The second kappa shape index (κ2) is 15.5. The molecule has 0 amide bonds. The van der Waals surface area contributed by atoms with Gasteiger partial charge in [0.05, 0.1) is 0 Å². The molecule has 0 saturated carbocycles. The first-order chi connectivity index (χ1) is 11.5. The number of aliphatic hydroxyl groups is 1. The summed E-state index contributed by atoms with van der Waals surface area (Å²) in [7, 11) is 0. The molecule has 0 rings (SSSR count). The first kappa shape index (κ1) is 24.2. The van der Waals surface area contributed by atoms with Gasteiger partial charge in [-0.15, -0.1) is 0 Å². The molecule has 142 valence electrons. The molecule has 0 radical (unpaired) electrons. The van der Waals surface area contributed by atoms with Crippen LogP contribution in [0.5, 0.6) is 0 Å². The Balaban J connectivity index is 4.81. The van der Waals surface area contributed by atoms with E-state index in [0.29, 0.717) is 0 Å². The van der Waals surface area contributed by atoms with Gasteiger partial charge < -0.3 is 0 Å². The van der Waals surface area contributed by atoms with Crippen molar-refractivity contribution in [2.75, 3.05) is 0 Å². The summed E-state index contributed by atoms with van der Waals surface area (Å²) in [5, 5.41) is 10.3. The summed E-state index contributed by atoms with van der Waals surface area (Å²) in [5.74, 6) is 0. The van der Waals surface area contributed by atoms with Gasteiger partial charge in [-0.1, -0.05) is 0 Å². The van der Waals surface area contributed by atoms with Crippen molar-refractivity contribution in [1.29, 1.82) is 0 Å². The summed E-state index contributed by atoms with van der Waals surface area (Å²) in [6.45, 7) is 13.2. The standard InChI is InChI=1S/C10H17O.3C4H9.Sn/c1-4-6-8-9(3)10(11)7-5-2;3*1-3-4-2;/h2,5,10-11H,3-4,6-8H2,1H3;3*1,3-4H2,2H3;/t10-;;;;/m1..../s1. The molecule has 0 aromatic rings. The van der Waals surface area contributed by atoms with E-state index in [2.05, 4.69) is 44.4 Å². The first-order valence-corrected chi connectivity index (χ1v) is 18.3. The quantitative estimate of drug-likeness (QED) is 0.194. The van der Waals surface area contributed by atoms with Crippen molar-refractivity contribution in [3.05, 3.63) is 22.3 Å². The Morgan fingerprint density at radius 3 is 1.75 bits per heavy atom. The predicted molar refractivity (Wildman–Crippen MR) is 113 cm³/mol. The van der Waals surface area contributed by atoms with Crippen molar-refractivity contribution < 1.29 is 5.11 Å². The van der Waals surface area contributed by atoms with Crippen molar-refractivity contribution in [2.24, 2.45) is 0 Å². The van der Waals surface area contributed by atoms with Crippen LogP contribution in [0.15, 0.2) is 22.3 Å². The zero-order valence-corrected chi connectivity index (χ0v) is 19.9. The molecule has 1 N–H and O–H groups in total. The molecule has 24 heavy (non-hydrogen) atoms. The number of unbranched alkanes of at least 4 members (excludes halogenated alkanes) is 4. The van der Waals surface area contributed by atoms with Gasteiger partial charge >= 0.3 is 157 Å². The number of aliphatic hydroxyl groups excluding tert-OH is 1. The van der Waals surface area contributed by atoms with E-state index in [4.69, 9.17) is 0 Å². The van der Waals surface area contributed by atoms with Crippen LogP contribution in [-0.2, 0) is 0 Å². The fourth-order valence-corrected chi connectivity index (χ4v) is 17.8. The summed E-state index contributed by atoms with van der Waals surface area (Å²) < 4.78 is 7.20. The average molecular weight is 443 g/mol. The Morgan fingerprint density at radius 2 is 1.33 bits per heavy atom. The molecule has 0 aromatic heterocycles. The fraction of sp³-hybridized carbons (Fsp3) is 0.818. The monoisotopic (exact) mass is 444 g/mol. The number of hydrogen-bond donors (Lipinski definition) is 1.